The summed E-state index contributed by atoms with van der Waals surface area (Å²) in [5.74, 6) is 0.640. The van der Waals surface area contributed by atoms with Crippen LogP contribution in [0.5, 0.6) is 0 Å². The number of rotatable bonds is 3. The third-order valence-corrected chi connectivity index (χ3v) is 4.59. The molecule has 1 aliphatic carbocycles. The summed E-state index contributed by atoms with van der Waals surface area (Å²) in [6.07, 6.45) is 4.07. The van der Waals surface area contributed by atoms with E-state index in [-0.39, 0.29) is 0 Å². The van der Waals surface area contributed by atoms with E-state index in [2.05, 4.69) is 56.6 Å². The summed E-state index contributed by atoms with van der Waals surface area (Å²) in [5, 5.41) is 4.05. The van der Waals surface area contributed by atoms with Crippen molar-refractivity contribution in [2.24, 2.45) is 0 Å². The van der Waals surface area contributed by atoms with E-state index in [1.165, 1.54) is 5.56 Å². The first-order valence-corrected chi connectivity index (χ1v) is 7.93. The zero-order valence-electron chi connectivity index (χ0n) is 11.2. The lowest BCUT2D eigenvalue weighted by Gasteiger charge is -2.37. The van der Waals surface area contributed by atoms with Gasteiger partial charge in [0.05, 0.1) is 5.69 Å². The fourth-order valence-electron chi connectivity index (χ4n) is 2.64. The Hall–Kier alpha value is -1.06. The van der Waals surface area contributed by atoms with Crippen molar-refractivity contribution in [1.29, 1.82) is 0 Å². The van der Waals surface area contributed by atoms with Crippen molar-refractivity contribution in [2.45, 2.75) is 31.7 Å². The highest BCUT2D eigenvalue weighted by atomic mass is 79.9. The molecule has 1 fully saturated rings. The molecule has 104 valence electrons. The molecule has 1 N–H and O–H groups in total. The zero-order chi connectivity index (χ0) is 14.1. The fourth-order valence-corrected chi connectivity index (χ4v) is 3.22. The zero-order valence-corrected chi connectivity index (χ0v) is 13.6. The molecule has 2 aromatic rings. The molecule has 1 saturated carbocycles. The highest BCUT2D eigenvalue weighted by Crippen LogP contribution is 2.39. The predicted molar refractivity (Wildman–Crippen MR) is 87.5 cm³/mol. The summed E-state index contributed by atoms with van der Waals surface area (Å²) in [4.78, 5) is 4.18. The summed E-state index contributed by atoms with van der Waals surface area (Å²) >= 11 is 9.64. The van der Waals surface area contributed by atoms with E-state index in [4.69, 9.17) is 11.6 Å². The Kier molecular flexibility index (Phi) is 3.99. The first kappa shape index (κ1) is 13.9. The molecule has 0 bridgehead atoms. The monoisotopic (exact) mass is 350 g/mol. The summed E-state index contributed by atoms with van der Waals surface area (Å²) in [7, 11) is 0. The molecule has 4 heteroatoms. The van der Waals surface area contributed by atoms with Crippen LogP contribution >= 0.6 is 27.5 Å². The number of halogens is 2. The lowest BCUT2D eigenvalue weighted by molar-refractivity contribution is 0.374. The smallest absolute Gasteiger partial charge is 0.152 e. The van der Waals surface area contributed by atoms with Crippen molar-refractivity contribution in [1.82, 2.24) is 4.98 Å². The van der Waals surface area contributed by atoms with Crippen molar-refractivity contribution in [3.8, 4) is 0 Å². The van der Waals surface area contributed by atoms with E-state index < -0.39 is 0 Å². The maximum atomic E-state index is 6.12. The third kappa shape index (κ3) is 2.99. The Labute approximate surface area is 132 Å². The Morgan fingerprint density at radius 1 is 1.30 bits per heavy atom. The number of hydrogen-bond donors (Lipinski definition) is 1. The Balaban J connectivity index is 1.62. The highest BCUT2D eigenvalue weighted by Gasteiger charge is 2.30. The topological polar surface area (TPSA) is 24.9 Å². The molecule has 1 aromatic heterocycles. The second-order valence-electron chi connectivity index (χ2n) is 5.42. The summed E-state index contributed by atoms with van der Waals surface area (Å²) in [6.45, 7) is 2.03. The number of aromatic nitrogens is 1. The molecule has 20 heavy (non-hydrogen) atoms. The molecule has 0 radical (unpaired) electrons. The lowest BCUT2D eigenvalue weighted by Crippen LogP contribution is -2.34. The van der Waals surface area contributed by atoms with Crippen molar-refractivity contribution in [3.63, 3.8) is 0 Å². The average Bonchev–Trinajstić information content (AvgIpc) is 2.37. The molecule has 0 aliphatic heterocycles. The van der Waals surface area contributed by atoms with Gasteiger partial charge in [-0.15, -0.1) is 0 Å². The number of anilines is 1. The number of aryl methyl sites for hydroxylation is 1. The fraction of sp³-hybridized carbons (Fsp3) is 0.312. The van der Waals surface area contributed by atoms with Crippen LogP contribution < -0.4 is 5.32 Å². The lowest BCUT2D eigenvalue weighted by atomic mass is 9.76. The van der Waals surface area contributed by atoms with E-state index >= 15 is 0 Å². The molecule has 1 aromatic carbocycles. The van der Waals surface area contributed by atoms with Crippen molar-refractivity contribution < 1.29 is 0 Å². The van der Waals surface area contributed by atoms with Gasteiger partial charge in [-0.3, -0.25) is 0 Å². The number of nitrogens with one attached hydrogen (secondary N) is 1. The molecule has 1 heterocycles. The molecule has 0 atom stereocenters. The molecule has 0 amide bonds. The summed E-state index contributed by atoms with van der Waals surface area (Å²) in [5.41, 5.74) is 3.48. The van der Waals surface area contributed by atoms with Crippen LogP contribution in [0.15, 0.2) is 41.0 Å². The first-order valence-electron chi connectivity index (χ1n) is 6.76. The van der Waals surface area contributed by atoms with E-state index in [0.717, 1.165) is 28.6 Å². The van der Waals surface area contributed by atoms with Gasteiger partial charge < -0.3 is 5.32 Å². The van der Waals surface area contributed by atoms with Crippen LogP contribution in [0.3, 0.4) is 0 Å². The minimum Gasteiger partial charge on any atom is -0.380 e. The maximum Gasteiger partial charge on any atom is 0.152 e. The van der Waals surface area contributed by atoms with Gasteiger partial charge in [0.15, 0.2) is 5.15 Å². The molecular formula is C16H16BrClN2. The van der Waals surface area contributed by atoms with Gasteiger partial charge in [0.1, 0.15) is 0 Å². The van der Waals surface area contributed by atoms with Gasteiger partial charge in [0, 0.05) is 16.7 Å². The Morgan fingerprint density at radius 2 is 2.10 bits per heavy atom. The quantitative estimate of drug-likeness (QED) is 0.772. The summed E-state index contributed by atoms with van der Waals surface area (Å²) in [6, 6.07) is 11.1. The van der Waals surface area contributed by atoms with Gasteiger partial charge in [-0.05, 0) is 55.0 Å². The van der Waals surface area contributed by atoms with Gasteiger partial charge in [-0.2, -0.15) is 0 Å². The van der Waals surface area contributed by atoms with Crippen LogP contribution in [0, 0.1) is 6.92 Å². The Bertz CT molecular complexity index is 624. The van der Waals surface area contributed by atoms with Gasteiger partial charge in [0.2, 0.25) is 0 Å². The van der Waals surface area contributed by atoms with Crippen molar-refractivity contribution in [2.75, 3.05) is 5.32 Å². The number of hydrogen-bond acceptors (Lipinski definition) is 2. The third-order valence-electron chi connectivity index (χ3n) is 3.79. The Morgan fingerprint density at radius 3 is 2.85 bits per heavy atom. The summed E-state index contributed by atoms with van der Waals surface area (Å²) < 4.78 is 1.15. The van der Waals surface area contributed by atoms with E-state index in [9.17, 15) is 0 Å². The SMILES string of the molecule is Cc1cnc(Cl)c(NC2CC(c3cccc(Br)c3)C2)c1. The molecule has 2 nitrogen and oxygen atoms in total. The highest BCUT2D eigenvalue weighted by molar-refractivity contribution is 9.10. The molecule has 0 saturated heterocycles. The standard InChI is InChI=1S/C16H16BrClN2/c1-10-5-15(16(18)19-9-10)20-14-7-12(8-14)11-3-2-4-13(17)6-11/h2-6,9,12,14,20H,7-8H2,1H3. The van der Waals surface area contributed by atoms with Crippen LogP contribution in [0.1, 0.15) is 29.9 Å². The van der Waals surface area contributed by atoms with Crippen LogP contribution in [-0.4, -0.2) is 11.0 Å². The second-order valence-corrected chi connectivity index (χ2v) is 6.69. The van der Waals surface area contributed by atoms with Gasteiger partial charge in [-0.1, -0.05) is 39.7 Å². The maximum absolute atomic E-state index is 6.12. The van der Waals surface area contributed by atoms with Crippen LogP contribution in [0.2, 0.25) is 5.15 Å². The van der Waals surface area contributed by atoms with Crippen LogP contribution in [0.4, 0.5) is 5.69 Å². The van der Waals surface area contributed by atoms with E-state index in [1.54, 1.807) is 6.20 Å². The average molecular weight is 352 g/mol. The number of pyridine rings is 1. The normalized spacial score (nSPS) is 21.4. The minimum atomic E-state index is 0.486. The first-order chi connectivity index (χ1) is 9.61. The van der Waals surface area contributed by atoms with Crippen LogP contribution in [0.25, 0.3) is 0 Å². The van der Waals surface area contributed by atoms with Crippen LogP contribution in [-0.2, 0) is 0 Å². The second kappa shape index (κ2) is 5.74. The molecule has 1 aliphatic rings. The van der Waals surface area contributed by atoms with E-state index in [0.29, 0.717) is 17.1 Å². The van der Waals surface area contributed by atoms with E-state index in [1.807, 2.05) is 6.92 Å². The largest absolute Gasteiger partial charge is 0.380 e. The molecule has 0 spiro atoms. The number of nitrogens with zero attached hydrogens (tertiary/aromatic N) is 1. The van der Waals surface area contributed by atoms with Gasteiger partial charge in [0.25, 0.3) is 0 Å². The minimum absolute atomic E-state index is 0.486. The van der Waals surface area contributed by atoms with Gasteiger partial charge in [-0.25, -0.2) is 4.98 Å². The molecular weight excluding hydrogens is 336 g/mol. The molecule has 3 rings (SSSR count). The predicted octanol–water partition coefficient (Wildman–Crippen LogP) is 5.16. The van der Waals surface area contributed by atoms with Gasteiger partial charge >= 0.3 is 0 Å². The molecule has 0 unspecified atom stereocenters. The number of benzene rings is 1. The van der Waals surface area contributed by atoms with Crippen molar-refractivity contribution >= 4 is 33.2 Å². The van der Waals surface area contributed by atoms with Crippen molar-refractivity contribution in [3.05, 3.63) is 57.3 Å².